The zero-order chi connectivity index (χ0) is 19.1. The highest BCUT2D eigenvalue weighted by Gasteiger charge is 2.22. The van der Waals surface area contributed by atoms with Gasteiger partial charge in [0.15, 0.2) is 0 Å². The van der Waals surface area contributed by atoms with E-state index in [1.54, 1.807) is 7.11 Å². The molecule has 0 spiro atoms. The average Bonchev–Trinajstić information content (AvgIpc) is 2.72. The second-order valence-corrected chi connectivity index (χ2v) is 6.37. The quantitative estimate of drug-likeness (QED) is 0.653. The summed E-state index contributed by atoms with van der Waals surface area (Å²) in [7, 11) is 1.63. The normalized spacial score (nSPS) is 11.5. The molecular weight excluding hydrogens is 336 g/mol. The third-order valence-corrected chi connectivity index (χ3v) is 4.47. The Morgan fingerprint density at radius 2 is 1.59 bits per heavy atom. The van der Waals surface area contributed by atoms with Crippen molar-refractivity contribution in [1.82, 2.24) is 5.32 Å². The van der Waals surface area contributed by atoms with E-state index >= 15 is 0 Å². The first kappa shape index (κ1) is 18.5. The van der Waals surface area contributed by atoms with Crippen molar-refractivity contribution in [3.63, 3.8) is 0 Å². The van der Waals surface area contributed by atoms with E-state index in [0.717, 1.165) is 28.1 Å². The number of methoxy groups -OCH3 is 1. The van der Waals surface area contributed by atoms with Crippen LogP contribution in [0.3, 0.4) is 0 Å². The van der Waals surface area contributed by atoms with E-state index in [9.17, 15) is 4.79 Å². The second kappa shape index (κ2) is 8.90. The highest BCUT2D eigenvalue weighted by atomic mass is 16.5. The molecule has 0 heterocycles. The van der Waals surface area contributed by atoms with Crippen LogP contribution in [0.4, 0.5) is 5.69 Å². The molecule has 1 amide bonds. The Labute approximate surface area is 160 Å². The summed E-state index contributed by atoms with van der Waals surface area (Å²) in [5.74, 6) is 0.713. The van der Waals surface area contributed by atoms with Crippen molar-refractivity contribution < 1.29 is 9.53 Å². The molecular formula is C23H24N2O2. The van der Waals surface area contributed by atoms with Crippen molar-refractivity contribution in [2.45, 2.75) is 19.5 Å². The second-order valence-electron chi connectivity index (χ2n) is 6.37. The Hall–Kier alpha value is -3.27. The summed E-state index contributed by atoms with van der Waals surface area (Å²) in [5.41, 5.74) is 3.95. The predicted molar refractivity (Wildman–Crippen MR) is 109 cm³/mol. The summed E-state index contributed by atoms with van der Waals surface area (Å²) in [5, 5.41) is 6.40. The zero-order valence-electron chi connectivity index (χ0n) is 15.6. The molecule has 1 unspecified atom stereocenters. The fourth-order valence-corrected chi connectivity index (χ4v) is 2.94. The molecule has 0 aliphatic carbocycles. The van der Waals surface area contributed by atoms with E-state index < -0.39 is 6.04 Å². The monoisotopic (exact) mass is 360 g/mol. The van der Waals surface area contributed by atoms with E-state index in [2.05, 4.69) is 10.6 Å². The Kier molecular flexibility index (Phi) is 6.10. The molecule has 0 saturated carbocycles. The molecule has 0 aliphatic heterocycles. The minimum absolute atomic E-state index is 0.0658. The summed E-state index contributed by atoms with van der Waals surface area (Å²) >= 11 is 0. The minimum Gasteiger partial charge on any atom is -0.497 e. The number of rotatable bonds is 7. The molecule has 0 fully saturated rings. The van der Waals surface area contributed by atoms with E-state index in [4.69, 9.17) is 4.74 Å². The van der Waals surface area contributed by atoms with E-state index in [-0.39, 0.29) is 5.91 Å². The third-order valence-electron chi connectivity index (χ3n) is 4.47. The van der Waals surface area contributed by atoms with Gasteiger partial charge in [-0.1, -0.05) is 54.6 Å². The number of benzene rings is 3. The first-order valence-corrected chi connectivity index (χ1v) is 8.95. The van der Waals surface area contributed by atoms with Gasteiger partial charge in [-0.15, -0.1) is 0 Å². The Balaban J connectivity index is 1.80. The van der Waals surface area contributed by atoms with Crippen molar-refractivity contribution in [3.05, 3.63) is 95.6 Å². The summed E-state index contributed by atoms with van der Waals surface area (Å²) in [4.78, 5) is 13.0. The van der Waals surface area contributed by atoms with Gasteiger partial charge in [-0.25, -0.2) is 0 Å². The number of ether oxygens (including phenoxy) is 1. The maximum atomic E-state index is 13.0. The molecule has 0 aliphatic rings. The average molecular weight is 360 g/mol. The molecule has 0 saturated heterocycles. The molecule has 1 atom stereocenters. The van der Waals surface area contributed by atoms with Gasteiger partial charge in [0.1, 0.15) is 11.8 Å². The van der Waals surface area contributed by atoms with Crippen LogP contribution in [0.15, 0.2) is 78.9 Å². The van der Waals surface area contributed by atoms with Crippen LogP contribution in [0.1, 0.15) is 22.7 Å². The molecule has 3 aromatic carbocycles. The number of anilines is 1. The van der Waals surface area contributed by atoms with E-state index in [0.29, 0.717) is 6.54 Å². The van der Waals surface area contributed by atoms with Crippen LogP contribution in [0.2, 0.25) is 0 Å². The number of nitrogens with one attached hydrogen (secondary N) is 2. The molecule has 138 valence electrons. The van der Waals surface area contributed by atoms with Gasteiger partial charge < -0.3 is 15.4 Å². The van der Waals surface area contributed by atoms with E-state index in [1.807, 2.05) is 85.8 Å². The van der Waals surface area contributed by atoms with E-state index in [1.165, 1.54) is 0 Å². The highest BCUT2D eigenvalue weighted by molar-refractivity contribution is 5.86. The lowest BCUT2D eigenvalue weighted by Crippen LogP contribution is -2.33. The minimum atomic E-state index is -0.483. The van der Waals surface area contributed by atoms with Crippen molar-refractivity contribution in [1.29, 1.82) is 0 Å². The molecule has 4 nitrogen and oxygen atoms in total. The largest absolute Gasteiger partial charge is 0.497 e. The number of hydrogen-bond acceptors (Lipinski definition) is 3. The van der Waals surface area contributed by atoms with Crippen LogP contribution >= 0.6 is 0 Å². The summed E-state index contributed by atoms with van der Waals surface area (Å²) in [6.45, 7) is 2.51. The Morgan fingerprint density at radius 3 is 2.26 bits per heavy atom. The predicted octanol–water partition coefficient (Wildman–Crippen LogP) is 4.47. The molecule has 27 heavy (non-hydrogen) atoms. The molecule has 4 heteroatoms. The Morgan fingerprint density at radius 1 is 0.926 bits per heavy atom. The van der Waals surface area contributed by atoms with Gasteiger partial charge in [0.05, 0.1) is 7.11 Å². The van der Waals surface area contributed by atoms with Gasteiger partial charge in [-0.3, -0.25) is 4.79 Å². The highest BCUT2D eigenvalue weighted by Crippen LogP contribution is 2.24. The van der Waals surface area contributed by atoms with Crippen LogP contribution in [-0.2, 0) is 11.3 Å². The summed E-state index contributed by atoms with van der Waals surface area (Å²) in [6.07, 6.45) is 0. The fourth-order valence-electron chi connectivity index (χ4n) is 2.94. The lowest BCUT2D eigenvalue weighted by atomic mass is 10.00. The number of carbonyl (C=O) groups excluding carboxylic acids is 1. The number of amides is 1. The molecule has 2 N–H and O–H groups in total. The smallest absolute Gasteiger partial charge is 0.247 e. The first-order valence-electron chi connectivity index (χ1n) is 8.95. The van der Waals surface area contributed by atoms with Crippen LogP contribution in [0.25, 0.3) is 0 Å². The molecule has 0 bridgehead atoms. The van der Waals surface area contributed by atoms with Gasteiger partial charge in [0, 0.05) is 12.2 Å². The van der Waals surface area contributed by atoms with Gasteiger partial charge in [-0.05, 0) is 47.9 Å². The summed E-state index contributed by atoms with van der Waals surface area (Å²) < 4.78 is 5.21. The summed E-state index contributed by atoms with van der Waals surface area (Å²) in [6, 6.07) is 24.9. The fraction of sp³-hybridized carbons (Fsp3) is 0.174. The van der Waals surface area contributed by atoms with Gasteiger partial charge in [-0.2, -0.15) is 0 Å². The van der Waals surface area contributed by atoms with Crippen molar-refractivity contribution in [2.24, 2.45) is 0 Å². The van der Waals surface area contributed by atoms with Crippen LogP contribution in [-0.4, -0.2) is 13.0 Å². The molecule has 0 radical (unpaired) electrons. The van der Waals surface area contributed by atoms with Gasteiger partial charge >= 0.3 is 0 Å². The van der Waals surface area contributed by atoms with Crippen molar-refractivity contribution >= 4 is 11.6 Å². The number of hydrogen-bond donors (Lipinski definition) is 2. The molecule has 0 aromatic heterocycles. The third kappa shape index (κ3) is 4.88. The first-order chi connectivity index (χ1) is 13.2. The molecule has 3 aromatic rings. The van der Waals surface area contributed by atoms with Crippen LogP contribution < -0.4 is 15.4 Å². The van der Waals surface area contributed by atoms with Crippen LogP contribution in [0, 0.1) is 6.92 Å². The van der Waals surface area contributed by atoms with Gasteiger partial charge in [0.2, 0.25) is 5.91 Å². The van der Waals surface area contributed by atoms with Crippen molar-refractivity contribution in [2.75, 3.05) is 12.4 Å². The topological polar surface area (TPSA) is 50.4 Å². The Bertz CT molecular complexity index is 876. The maximum absolute atomic E-state index is 13.0. The maximum Gasteiger partial charge on any atom is 0.247 e. The zero-order valence-corrected chi connectivity index (χ0v) is 15.6. The van der Waals surface area contributed by atoms with Crippen molar-refractivity contribution in [3.8, 4) is 5.75 Å². The lowest BCUT2D eigenvalue weighted by Gasteiger charge is -2.22. The standard InChI is InChI=1S/C23H24N2O2/c1-17-8-6-7-11-21(17)22(25-19-12-14-20(27-2)15-13-19)23(26)24-16-18-9-4-3-5-10-18/h3-15,22,25H,16H2,1-2H3,(H,24,26). The lowest BCUT2D eigenvalue weighted by molar-refractivity contribution is -0.122. The molecule has 3 rings (SSSR count). The van der Waals surface area contributed by atoms with Gasteiger partial charge in [0.25, 0.3) is 0 Å². The number of aryl methyl sites for hydroxylation is 1. The van der Waals surface area contributed by atoms with Crippen LogP contribution in [0.5, 0.6) is 5.75 Å². The SMILES string of the molecule is COc1ccc(NC(C(=O)NCc2ccccc2)c2ccccc2C)cc1. The number of carbonyl (C=O) groups is 1.